The fourth-order valence-corrected chi connectivity index (χ4v) is 4.20. The smallest absolute Gasteiger partial charge is 0.409 e. The number of nitrogens with two attached hydrogens (primary N) is 1. The molecule has 7 heteroatoms. The van der Waals surface area contributed by atoms with Crippen molar-refractivity contribution in [2.75, 3.05) is 20.2 Å². The van der Waals surface area contributed by atoms with Crippen LogP contribution < -0.4 is 21.1 Å². The molecule has 0 fully saturated rings. The third kappa shape index (κ3) is 6.44. The highest BCUT2D eigenvalue weighted by Crippen LogP contribution is 2.39. The Morgan fingerprint density at radius 3 is 2.53 bits per heavy atom. The van der Waals surface area contributed by atoms with E-state index < -0.39 is 6.09 Å². The highest BCUT2D eigenvalue weighted by atomic mass is 16.5. The molecular formula is C23H37N3O4. The van der Waals surface area contributed by atoms with Crippen LogP contribution in [0.2, 0.25) is 0 Å². The summed E-state index contributed by atoms with van der Waals surface area (Å²) < 4.78 is 10.9. The number of hydrogen-bond donors (Lipinski definition) is 3. The van der Waals surface area contributed by atoms with E-state index in [9.17, 15) is 9.59 Å². The largest absolute Gasteiger partial charge is 0.410 e. The molecule has 4 N–H and O–H groups in total. The number of primary amides is 1. The molecule has 0 bridgehead atoms. The monoisotopic (exact) mass is 419 g/mol. The van der Waals surface area contributed by atoms with Crippen molar-refractivity contribution in [1.29, 1.82) is 0 Å². The predicted octanol–water partition coefficient (Wildman–Crippen LogP) is 2.89. The number of carbonyl (C=O) groups is 2. The van der Waals surface area contributed by atoms with Crippen LogP contribution in [0.3, 0.4) is 0 Å². The Labute approximate surface area is 180 Å². The van der Waals surface area contributed by atoms with Gasteiger partial charge in [-0.3, -0.25) is 4.79 Å². The minimum absolute atomic E-state index is 0.00931. The molecule has 168 valence electrons. The Morgan fingerprint density at radius 1 is 1.23 bits per heavy atom. The second-order valence-corrected chi connectivity index (χ2v) is 9.81. The summed E-state index contributed by atoms with van der Waals surface area (Å²) in [5, 5.41) is 6.62. The van der Waals surface area contributed by atoms with Gasteiger partial charge in [-0.2, -0.15) is 0 Å². The summed E-state index contributed by atoms with van der Waals surface area (Å²) in [7, 11) is 1.73. The van der Waals surface area contributed by atoms with Gasteiger partial charge in [-0.05, 0) is 41.6 Å². The lowest BCUT2D eigenvalue weighted by molar-refractivity contribution is -0.122. The molecule has 0 saturated heterocycles. The van der Waals surface area contributed by atoms with Crippen LogP contribution in [0.15, 0.2) is 18.2 Å². The summed E-state index contributed by atoms with van der Waals surface area (Å²) in [6.45, 7) is 11.9. The van der Waals surface area contributed by atoms with Gasteiger partial charge in [0, 0.05) is 38.0 Å². The Bertz CT molecular complexity index is 755. The molecule has 0 radical (unpaired) electrons. The van der Waals surface area contributed by atoms with Crippen molar-refractivity contribution in [1.82, 2.24) is 10.6 Å². The molecule has 2 atom stereocenters. The van der Waals surface area contributed by atoms with Gasteiger partial charge >= 0.3 is 6.09 Å². The number of ether oxygens (including phenoxy) is 2. The third-order valence-corrected chi connectivity index (χ3v) is 5.60. The van der Waals surface area contributed by atoms with E-state index in [0.717, 1.165) is 24.9 Å². The predicted molar refractivity (Wildman–Crippen MR) is 118 cm³/mol. The zero-order chi connectivity index (χ0) is 22.5. The van der Waals surface area contributed by atoms with Crippen LogP contribution in [-0.2, 0) is 21.4 Å². The average Bonchev–Trinajstić information content (AvgIpc) is 2.61. The van der Waals surface area contributed by atoms with Gasteiger partial charge in [-0.15, -0.1) is 0 Å². The average molecular weight is 420 g/mol. The van der Waals surface area contributed by atoms with Crippen molar-refractivity contribution >= 4 is 12.0 Å². The highest BCUT2D eigenvalue weighted by Gasteiger charge is 2.42. The van der Waals surface area contributed by atoms with E-state index in [1.807, 2.05) is 12.1 Å². The van der Waals surface area contributed by atoms with E-state index in [4.69, 9.17) is 15.2 Å². The standard InChI is InChI=1S/C23H37N3O4/c1-22(2,3)14-19(27)25-10-7-11-26-20-18(29-6)12-15-8-9-16(30-21(24)28)13-17(15)23(20,4)5/h8-9,13,18,20,26H,7,10-12,14H2,1-6H3,(H2,24,28)(H,25,27)/t18-,20+/m0/s1. The van der Waals surface area contributed by atoms with E-state index in [0.29, 0.717) is 18.7 Å². The Kier molecular flexibility index (Phi) is 7.88. The fourth-order valence-electron chi connectivity index (χ4n) is 4.20. The first-order chi connectivity index (χ1) is 13.9. The van der Waals surface area contributed by atoms with Gasteiger partial charge in [0.2, 0.25) is 5.91 Å². The minimum atomic E-state index is -0.818. The summed E-state index contributed by atoms with van der Waals surface area (Å²) in [6, 6.07) is 5.71. The second kappa shape index (κ2) is 9.79. The lowest BCUT2D eigenvalue weighted by Crippen LogP contribution is -2.57. The molecule has 0 heterocycles. The SMILES string of the molecule is CO[C@H]1Cc2ccc(OC(N)=O)cc2C(C)(C)[C@@H]1NCCCNC(=O)CC(C)(C)C. The number of benzene rings is 1. The summed E-state index contributed by atoms with van der Waals surface area (Å²) in [5.41, 5.74) is 7.20. The van der Waals surface area contributed by atoms with Crippen LogP contribution in [0.4, 0.5) is 4.79 Å². The first kappa shape index (κ1) is 24.2. The van der Waals surface area contributed by atoms with Gasteiger partial charge in [-0.1, -0.05) is 40.7 Å². The van der Waals surface area contributed by atoms with E-state index >= 15 is 0 Å². The molecule has 7 nitrogen and oxygen atoms in total. The molecule has 0 aliphatic heterocycles. The first-order valence-electron chi connectivity index (χ1n) is 10.6. The number of methoxy groups -OCH3 is 1. The van der Waals surface area contributed by atoms with Crippen LogP contribution in [0.25, 0.3) is 0 Å². The number of nitrogens with one attached hydrogen (secondary N) is 2. The topological polar surface area (TPSA) is 103 Å². The lowest BCUT2D eigenvalue weighted by atomic mass is 9.68. The maximum absolute atomic E-state index is 12.0. The van der Waals surface area contributed by atoms with Crippen LogP contribution >= 0.6 is 0 Å². The third-order valence-electron chi connectivity index (χ3n) is 5.60. The fraction of sp³-hybridized carbons (Fsp3) is 0.652. The summed E-state index contributed by atoms with van der Waals surface area (Å²) in [6.07, 6.45) is 1.32. The highest BCUT2D eigenvalue weighted by molar-refractivity contribution is 5.76. The number of hydrogen-bond acceptors (Lipinski definition) is 5. The molecule has 0 aromatic heterocycles. The summed E-state index contributed by atoms with van der Waals surface area (Å²) in [5.74, 6) is 0.539. The van der Waals surface area contributed by atoms with Gasteiger partial charge in [0.1, 0.15) is 5.75 Å². The molecule has 2 rings (SSSR count). The number of rotatable bonds is 8. The first-order valence-corrected chi connectivity index (χ1v) is 10.6. The molecule has 1 aromatic rings. The van der Waals surface area contributed by atoms with Gasteiger partial charge in [-0.25, -0.2) is 4.79 Å². The molecule has 0 spiro atoms. The Morgan fingerprint density at radius 2 is 1.93 bits per heavy atom. The van der Waals surface area contributed by atoms with E-state index in [1.54, 1.807) is 13.2 Å². The second-order valence-electron chi connectivity index (χ2n) is 9.81. The van der Waals surface area contributed by atoms with E-state index in [1.165, 1.54) is 5.56 Å². The van der Waals surface area contributed by atoms with Crippen molar-refractivity contribution in [3.63, 3.8) is 0 Å². The zero-order valence-corrected chi connectivity index (χ0v) is 19.1. The summed E-state index contributed by atoms with van der Waals surface area (Å²) >= 11 is 0. The minimum Gasteiger partial charge on any atom is -0.410 e. The molecular weight excluding hydrogens is 382 g/mol. The maximum Gasteiger partial charge on any atom is 0.409 e. The van der Waals surface area contributed by atoms with Crippen LogP contribution in [-0.4, -0.2) is 44.3 Å². The van der Waals surface area contributed by atoms with E-state index in [2.05, 4.69) is 45.3 Å². The van der Waals surface area contributed by atoms with Gasteiger partial charge < -0.3 is 25.8 Å². The van der Waals surface area contributed by atoms with Gasteiger partial charge in [0.25, 0.3) is 0 Å². The molecule has 0 saturated carbocycles. The normalized spacial score (nSPS) is 20.3. The number of amides is 2. The van der Waals surface area contributed by atoms with Crippen LogP contribution in [0, 0.1) is 5.41 Å². The van der Waals surface area contributed by atoms with E-state index in [-0.39, 0.29) is 28.9 Å². The van der Waals surface area contributed by atoms with Crippen molar-refractivity contribution in [2.45, 2.75) is 71.4 Å². The number of carbonyl (C=O) groups excluding carboxylic acids is 2. The maximum atomic E-state index is 12.0. The lowest BCUT2D eigenvalue weighted by Gasteiger charge is -2.45. The van der Waals surface area contributed by atoms with Gasteiger partial charge in [0.05, 0.1) is 6.10 Å². The molecule has 30 heavy (non-hydrogen) atoms. The molecule has 1 aliphatic rings. The molecule has 2 amide bonds. The van der Waals surface area contributed by atoms with Crippen molar-refractivity contribution in [3.8, 4) is 5.75 Å². The van der Waals surface area contributed by atoms with Crippen molar-refractivity contribution in [2.24, 2.45) is 11.1 Å². The summed E-state index contributed by atoms with van der Waals surface area (Å²) in [4.78, 5) is 23.1. The van der Waals surface area contributed by atoms with Crippen LogP contribution in [0.1, 0.15) is 58.6 Å². The Balaban J connectivity index is 2.00. The number of fused-ring (bicyclic) bond motifs is 1. The van der Waals surface area contributed by atoms with Gasteiger partial charge in [0.15, 0.2) is 0 Å². The van der Waals surface area contributed by atoms with Crippen molar-refractivity contribution in [3.05, 3.63) is 29.3 Å². The molecule has 1 aliphatic carbocycles. The zero-order valence-electron chi connectivity index (χ0n) is 19.1. The quantitative estimate of drug-likeness (QED) is 0.562. The van der Waals surface area contributed by atoms with Crippen molar-refractivity contribution < 1.29 is 19.1 Å². The molecule has 1 aromatic carbocycles. The Hall–Kier alpha value is -2.12. The molecule has 0 unspecified atom stereocenters. The van der Waals surface area contributed by atoms with Crippen LogP contribution in [0.5, 0.6) is 5.75 Å².